The van der Waals surface area contributed by atoms with Gasteiger partial charge in [0.25, 0.3) is 0 Å². The summed E-state index contributed by atoms with van der Waals surface area (Å²) in [5.74, 6) is 0. The summed E-state index contributed by atoms with van der Waals surface area (Å²) in [7, 11) is 0. The van der Waals surface area contributed by atoms with E-state index in [4.69, 9.17) is 5.73 Å². The van der Waals surface area contributed by atoms with E-state index >= 15 is 0 Å². The van der Waals surface area contributed by atoms with Gasteiger partial charge in [0.05, 0.1) is 5.60 Å². The molecule has 13 heavy (non-hydrogen) atoms. The minimum absolute atomic E-state index is 0.318. The molecule has 1 aliphatic rings. The zero-order valence-electron chi connectivity index (χ0n) is 8.79. The molecule has 0 saturated carbocycles. The Labute approximate surface area is 80.9 Å². The fraction of sp³-hybridized carbons (Fsp3) is 1.00. The van der Waals surface area contributed by atoms with Gasteiger partial charge in [-0.15, -0.1) is 0 Å². The lowest BCUT2D eigenvalue weighted by atomic mass is 9.97. The zero-order chi connectivity index (χ0) is 9.90. The molecule has 1 aliphatic heterocycles. The molecule has 0 aliphatic carbocycles. The van der Waals surface area contributed by atoms with E-state index in [2.05, 4.69) is 4.90 Å². The summed E-state index contributed by atoms with van der Waals surface area (Å²) in [6, 6.07) is 0.318. The largest absolute Gasteiger partial charge is 0.389 e. The maximum atomic E-state index is 10.1. The molecule has 0 aromatic heterocycles. The highest BCUT2D eigenvalue weighted by Crippen LogP contribution is 2.19. The molecule has 0 unspecified atom stereocenters. The van der Waals surface area contributed by atoms with Crippen LogP contribution in [0.15, 0.2) is 0 Å². The van der Waals surface area contributed by atoms with Crippen molar-refractivity contribution >= 4 is 0 Å². The highest BCUT2D eigenvalue weighted by atomic mass is 16.3. The average molecular weight is 186 g/mol. The van der Waals surface area contributed by atoms with Gasteiger partial charge >= 0.3 is 0 Å². The fourth-order valence-corrected chi connectivity index (χ4v) is 1.90. The maximum Gasteiger partial charge on any atom is 0.0768 e. The zero-order valence-corrected chi connectivity index (χ0v) is 8.79. The van der Waals surface area contributed by atoms with Crippen LogP contribution in [0.1, 0.15) is 33.1 Å². The van der Waals surface area contributed by atoms with Crippen molar-refractivity contribution in [3.05, 3.63) is 0 Å². The molecule has 0 aromatic carbocycles. The van der Waals surface area contributed by atoms with Gasteiger partial charge in [-0.25, -0.2) is 0 Å². The molecule has 0 amide bonds. The van der Waals surface area contributed by atoms with E-state index in [0.717, 1.165) is 38.9 Å². The van der Waals surface area contributed by atoms with Crippen LogP contribution in [0.3, 0.4) is 0 Å². The molecule has 1 atom stereocenters. The summed E-state index contributed by atoms with van der Waals surface area (Å²) in [5, 5.41) is 10.1. The third-order valence-electron chi connectivity index (χ3n) is 3.14. The van der Waals surface area contributed by atoms with Crippen LogP contribution < -0.4 is 5.73 Å². The van der Waals surface area contributed by atoms with E-state index in [1.807, 2.05) is 13.8 Å². The normalized spacial score (nSPS) is 25.4. The van der Waals surface area contributed by atoms with Crippen molar-refractivity contribution in [1.29, 1.82) is 0 Å². The van der Waals surface area contributed by atoms with Crippen molar-refractivity contribution in [2.24, 2.45) is 5.73 Å². The first-order valence-electron chi connectivity index (χ1n) is 5.30. The smallest absolute Gasteiger partial charge is 0.0768 e. The second-order valence-corrected chi connectivity index (χ2v) is 4.22. The van der Waals surface area contributed by atoms with Gasteiger partial charge in [-0.05, 0) is 25.8 Å². The Hall–Kier alpha value is -0.120. The molecule has 1 heterocycles. The second-order valence-electron chi connectivity index (χ2n) is 4.22. The van der Waals surface area contributed by atoms with Crippen molar-refractivity contribution in [3.8, 4) is 0 Å². The van der Waals surface area contributed by atoms with Crippen LogP contribution in [-0.4, -0.2) is 41.3 Å². The molecule has 1 saturated heterocycles. The third-order valence-corrected chi connectivity index (χ3v) is 3.14. The van der Waals surface area contributed by atoms with Gasteiger partial charge in [-0.2, -0.15) is 0 Å². The van der Waals surface area contributed by atoms with Gasteiger partial charge in [0.1, 0.15) is 0 Å². The Bertz CT molecular complexity index is 157. The molecule has 0 radical (unpaired) electrons. The van der Waals surface area contributed by atoms with E-state index in [9.17, 15) is 5.11 Å². The summed E-state index contributed by atoms with van der Waals surface area (Å²) in [4.78, 5) is 2.28. The lowest BCUT2D eigenvalue weighted by Crippen LogP contribution is -2.42. The van der Waals surface area contributed by atoms with Crippen LogP contribution in [0.4, 0.5) is 0 Å². The summed E-state index contributed by atoms with van der Waals surface area (Å²) in [6.07, 6.45) is 2.73. The van der Waals surface area contributed by atoms with Crippen molar-refractivity contribution in [3.63, 3.8) is 0 Å². The number of nitrogens with zero attached hydrogens (tertiary/aromatic N) is 1. The number of rotatable bonds is 4. The van der Waals surface area contributed by atoms with E-state index < -0.39 is 5.60 Å². The first-order valence-corrected chi connectivity index (χ1v) is 5.30. The van der Waals surface area contributed by atoms with Crippen LogP contribution in [0.25, 0.3) is 0 Å². The van der Waals surface area contributed by atoms with Gasteiger partial charge in [-0.1, -0.05) is 13.8 Å². The highest BCUT2D eigenvalue weighted by molar-refractivity contribution is 4.85. The first kappa shape index (κ1) is 11.0. The minimum Gasteiger partial charge on any atom is -0.389 e. The molecule has 78 valence electrons. The van der Waals surface area contributed by atoms with Crippen LogP contribution in [-0.2, 0) is 0 Å². The number of likely N-dealkylation sites (tertiary alicyclic amines) is 1. The minimum atomic E-state index is -0.496. The molecule has 0 spiro atoms. The molecule has 3 heteroatoms. The van der Waals surface area contributed by atoms with E-state index in [1.54, 1.807) is 0 Å². The average Bonchev–Trinajstić information content (AvgIpc) is 2.51. The maximum absolute atomic E-state index is 10.1. The van der Waals surface area contributed by atoms with Crippen LogP contribution in [0, 0.1) is 0 Å². The molecular formula is C10H22N2O. The van der Waals surface area contributed by atoms with E-state index in [-0.39, 0.29) is 0 Å². The molecule has 1 rings (SSSR count). The van der Waals surface area contributed by atoms with Crippen molar-refractivity contribution in [2.45, 2.75) is 44.8 Å². The molecule has 0 aromatic rings. The fourth-order valence-electron chi connectivity index (χ4n) is 1.90. The lowest BCUT2D eigenvalue weighted by molar-refractivity contribution is 0.00223. The van der Waals surface area contributed by atoms with Crippen molar-refractivity contribution < 1.29 is 5.11 Å². The van der Waals surface area contributed by atoms with Gasteiger partial charge in [0, 0.05) is 19.1 Å². The SMILES string of the molecule is CCC(O)(CC)CN1CC[C@@H](N)C1. The number of nitrogens with two attached hydrogens (primary N) is 1. The topological polar surface area (TPSA) is 49.5 Å². The number of hydrogen-bond acceptors (Lipinski definition) is 3. The molecular weight excluding hydrogens is 164 g/mol. The molecule has 0 bridgehead atoms. The van der Waals surface area contributed by atoms with Gasteiger partial charge in [-0.3, -0.25) is 4.90 Å². The Kier molecular flexibility index (Phi) is 3.71. The highest BCUT2D eigenvalue weighted by Gasteiger charge is 2.28. The third kappa shape index (κ3) is 2.93. The monoisotopic (exact) mass is 186 g/mol. The van der Waals surface area contributed by atoms with Crippen LogP contribution in [0.5, 0.6) is 0 Å². The summed E-state index contributed by atoms with van der Waals surface area (Å²) in [5.41, 5.74) is 5.31. The predicted molar refractivity (Wildman–Crippen MR) is 54.6 cm³/mol. The van der Waals surface area contributed by atoms with Gasteiger partial charge in [0.15, 0.2) is 0 Å². The Morgan fingerprint density at radius 1 is 1.46 bits per heavy atom. The predicted octanol–water partition coefficient (Wildman–Crippen LogP) is 0.571. The first-order chi connectivity index (χ1) is 6.09. The Balaban J connectivity index is 2.38. The quantitative estimate of drug-likeness (QED) is 0.675. The van der Waals surface area contributed by atoms with Gasteiger partial charge < -0.3 is 10.8 Å². The summed E-state index contributed by atoms with van der Waals surface area (Å²) < 4.78 is 0. The Morgan fingerprint density at radius 3 is 2.46 bits per heavy atom. The van der Waals surface area contributed by atoms with Crippen LogP contribution in [0.2, 0.25) is 0 Å². The lowest BCUT2D eigenvalue weighted by Gasteiger charge is -2.30. The number of aliphatic hydroxyl groups is 1. The van der Waals surface area contributed by atoms with Crippen molar-refractivity contribution in [2.75, 3.05) is 19.6 Å². The van der Waals surface area contributed by atoms with Gasteiger partial charge in [0.2, 0.25) is 0 Å². The van der Waals surface area contributed by atoms with E-state index in [0.29, 0.717) is 6.04 Å². The molecule has 3 nitrogen and oxygen atoms in total. The summed E-state index contributed by atoms with van der Waals surface area (Å²) in [6.45, 7) is 6.86. The number of β-amino-alcohol motifs (C(OH)–C–C–N with tert-alkyl or cyclic N) is 1. The van der Waals surface area contributed by atoms with E-state index in [1.165, 1.54) is 0 Å². The standard InChI is InChI=1S/C10H22N2O/c1-3-10(13,4-2)8-12-6-5-9(11)7-12/h9,13H,3-8,11H2,1-2H3/t9-/m1/s1. The van der Waals surface area contributed by atoms with Crippen LogP contribution >= 0.6 is 0 Å². The second kappa shape index (κ2) is 4.40. The summed E-state index contributed by atoms with van der Waals surface area (Å²) >= 11 is 0. The Morgan fingerprint density at radius 2 is 2.08 bits per heavy atom. The molecule has 3 N–H and O–H groups in total. The number of hydrogen-bond donors (Lipinski definition) is 2. The van der Waals surface area contributed by atoms with Crippen molar-refractivity contribution in [1.82, 2.24) is 4.90 Å². The molecule has 1 fully saturated rings.